The van der Waals surface area contributed by atoms with E-state index in [-0.39, 0.29) is 47.1 Å². The van der Waals surface area contributed by atoms with Gasteiger partial charge in [0.25, 0.3) is 5.91 Å². The number of pyridine rings is 1. The van der Waals surface area contributed by atoms with Gasteiger partial charge in [-0.15, -0.1) is 0 Å². The predicted octanol–water partition coefficient (Wildman–Crippen LogP) is 2.54. The number of hydrogen-bond donors (Lipinski definition) is 2. The fourth-order valence-electron chi connectivity index (χ4n) is 3.11. The van der Waals surface area contributed by atoms with E-state index in [9.17, 15) is 14.0 Å². The van der Waals surface area contributed by atoms with Crippen molar-refractivity contribution in [3.8, 4) is 0 Å². The second-order valence-corrected chi connectivity index (χ2v) is 8.22. The van der Waals surface area contributed by atoms with E-state index in [0.717, 1.165) is 0 Å². The summed E-state index contributed by atoms with van der Waals surface area (Å²) in [4.78, 5) is 37.7. The summed E-state index contributed by atoms with van der Waals surface area (Å²) in [7, 11) is 0. The number of carbonyl (C=O) groups excluding carboxylic acids is 2. The molecule has 9 nitrogen and oxygen atoms in total. The van der Waals surface area contributed by atoms with Crippen molar-refractivity contribution in [3.63, 3.8) is 0 Å². The van der Waals surface area contributed by atoms with Crippen molar-refractivity contribution in [1.29, 1.82) is 0 Å². The molecule has 0 bridgehead atoms. The van der Waals surface area contributed by atoms with Crippen molar-refractivity contribution in [2.45, 2.75) is 45.0 Å². The Morgan fingerprint density at radius 1 is 1.31 bits per heavy atom. The van der Waals surface area contributed by atoms with Crippen LogP contribution >= 0.6 is 11.6 Å². The Kier molecular flexibility index (Phi) is 5.74. The number of carbonyl (C=O) groups is 2. The Balaban J connectivity index is 1.86. The van der Waals surface area contributed by atoms with Gasteiger partial charge in [-0.1, -0.05) is 11.6 Å². The number of fused-ring (bicyclic) bond motifs is 1. The molecule has 156 valence electrons. The van der Waals surface area contributed by atoms with Crippen LogP contribution in [0.1, 0.15) is 37.6 Å². The number of nitrogens with one attached hydrogen (secondary N) is 1. The number of halogens is 2. The number of piperidine rings is 1. The topological polar surface area (TPSA) is 123 Å². The van der Waals surface area contributed by atoms with Crippen molar-refractivity contribution in [1.82, 2.24) is 19.9 Å². The standard InChI is InChI=1S/C18H22ClFN6O3/c1-18(2,3)29-17(28)26-6-9(20)4-10(7-26)24-16-14-13(22-8-23-16)11(15(21)27)5-12(19)25-14/h5,8-10H,4,6-7H2,1-3H3,(H2,21,27)(H,22,23,24)/t9-,10-/m0/s1. The van der Waals surface area contributed by atoms with Gasteiger partial charge in [-0.05, 0) is 26.8 Å². The van der Waals surface area contributed by atoms with Crippen LogP contribution < -0.4 is 11.1 Å². The Hall–Kier alpha value is -2.75. The van der Waals surface area contributed by atoms with Gasteiger partial charge in [-0.2, -0.15) is 0 Å². The molecule has 2 atom stereocenters. The van der Waals surface area contributed by atoms with Gasteiger partial charge in [-0.25, -0.2) is 24.1 Å². The minimum Gasteiger partial charge on any atom is -0.444 e. The first-order chi connectivity index (χ1) is 13.5. The predicted molar refractivity (Wildman–Crippen MR) is 106 cm³/mol. The van der Waals surface area contributed by atoms with E-state index in [1.54, 1.807) is 20.8 Å². The molecule has 2 amide bonds. The molecule has 1 aliphatic heterocycles. The molecular formula is C18H22ClFN6O3. The number of aromatic nitrogens is 3. The monoisotopic (exact) mass is 424 g/mol. The number of ether oxygens (including phenoxy) is 1. The second kappa shape index (κ2) is 7.94. The maximum Gasteiger partial charge on any atom is 0.410 e. The summed E-state index contributed by atoms with van der Waals surface area (Å²) in [6.45, 7) is 5.40. The number of nitrogens with two attached hydrogens (primary N) is 1. The Labute approximate surface area is 171 Å². The van der Waals surface area contributed by atoms with Gasteiger partial charge in [-0.3, -0.25) is 4.79 Å². The lowest BCUT2D eigenvalue weighted by Crippen LogP contribution is -2.51. The Morgan fingerprint density at radius 2 is 2.03 bits per heavy atom. The molecule has 3 heterocycles. The molecule has 3 rings (SSSR count). The molecule has 0 aliphatic carbocycles. The molecule has 1 aliphatic rings. The maximum absolute atomic E-state index is 14.3. The summed E-state index contributed by atoms with van der Waals surface area (Å²) in [5.41, 5.74) is 5.28. The van der Waals surface area contributed by atoms with Crippen LogP contribution in [0.5, 0.6) is 0 Å². The zero-order valence-corrected chi connectivity index (χ0v) is 17.0. The van der Waals surface area contributed by atoms with Crippen molar-refractivity contribution >= 4 is 40.5 Å². The maximum atomic E-state index is 14.3. The van der Waals surface area contributed by atoms with Crippen molar-refractivity contribution in [2.75, 3.05) is 18.4 Å². The summed E-state index contributed by atoms with van der Waals surface area (Å²) >= 11 is 6.00. The minimum absolute atomic E-state index is 0.0477. The molecule has 2 aromatic rings. The van der Waals surface area contributed by atoms with Crippen molar-refractivity contribution in [2.24, 2.45) is 5.73 Å². The molecule has 1 saturated heterocycles. The molecule has 0 radical (unpaired) electrons. The van der Waals surface area contributed by atoms with Crippen molar-refractivity contribution in [3.05, 3.63) is 23.1 Å². The van der Waals surface area contributed by atoms with Crippen LogP contribution in [0.4, 0.5) is 15.0 Å². The van der Waals surface area contributed by atoms with E-state index in [0.29, 0.717) is 0 Å². The lowest BCUT2D eigenvalue weighted by molar-refractivity contribution is 0.0124. The zero-order valence-electron chi connectivity index (χ0n) is 16.3. The van der Waals surface area contributed by atoms with Crippen LogP contribution in [0, 0.1) is 0 Å². The van der Waals surface area contributed by atoms with Crippen LogP contribution in [-0.4, -0.2) is 62.8 Å². The van der Waals surface area contributed by atoms with E-state index in [4.69, 9.17) is 22.1 Å². The van der Waals surface area contributed by atoms with E-state index in [1.165, 1.54) is 17.3 Å². The van der Waals surface area contributed by atoms with Crippen LogP contribution in [0.15, 0.2) is 12.4 Å². The lowest BCUT2D eigenvalue weighted by atomic mass is 10.0. The molecule has 0 saturated carbocycles. The molecule has 2 aromatic heterocycles. The van der Waals surface area contributed by atoms with Gasteiger partial charge >= 0.3 is 6.09 Å². The number of rotatable bonds is 3. The van der Waals surface area contributed by atoms with E-state index < -0.39 is 29.8 Å². The second-order valence-electron chi connectivity index (χ2n) is 7.84. The molecule has 1 fully saturated rings. The number of alkyl halides is 1. The molecule has 29 heavy (non-hydrogen) atoms. The number of primary amides is 1. The number of likely N-dealkylation sites (tertiary alicyclic amines) is 1. The third-order valence-electron chi connectivity index (χ3n) is 4.22. The number of nitrogens with zero attached hydrogens (tertiary/aromatic N) is 4. The van der Waals surface area contributed by atoms with Crippen LogP contribution in [0.3, 0.4) is 0 Å². The van der Waals surface area contributed by atoms with Gasteiger partial charge in [0.2, 0.25) is 0 Å². The first-order valence-electron chi connectivity index (χ1n) is 9.03. The normalized spacial score (nSPS) is 19.8. The SMILES string of the molecule is CC(C)(C)OC(=O)N1C[C@@H](F)C[C@H](Nc2ncnc3c(C(N)=O)cc(Cl)nc23)C1. The highest BCUT2D eigenvalue weighted by atomic mass is 35.5. The number of amides is 2. The largest absolute Gasteiger partial charge is 0.444 e. The van der Waals surface area contributed by atoms with Crippen LogP contribution in [-0.2, 0) is 4.74 Å². The fourth-order valence-corrected chi connectivity index (χ4v) is 3.31. The summed E-state index contributed by atoms with van der Waals surface area (Å²) in [6.07, 6.45) is -0.418. The van der Waals surface area contributed by atoms with Gasteiger partial charge < -0.3 is 20.7 Å². The van der Waals surface area contributed by atoms with E-state index >= 15 is 0 Å². The van der Waals surface area contributed by atoms with Gasteiger partial charge in [0.1, 0.15) is 34.3 Å². The van der Waals surface area contributed by atoms with Gasteiger partial charge in [0.05, 0.1) is 12.1 Å². The van der Waals surface area contributed by atoms with Crippen LogP contribution in [0.2, 0.25) is 5.15 Å². The first-order valence-corrected chi connectivity index (χ1v) is 9.41. The quantitative estimate of drug-likeness (QED) is 0.725. The third kappa shape index (κ3) is 5.00. The van der Waals surface area contributed by atoms with Crippen LogP contribution in [0.25, 0.3) is 11.0 Å². The summed E-state index contributed by atoms with van der Waals surface area (Å²) in [5, 5.41) is 3.13. The zero-order chi connectivity index (χ0) is 21.3. The molecule has 11 heteroatoms. The highest BCUT2D eigenvalue weighted by Crippen LogP contribution is 2.26. The summed E-state index contributed by atoms with van der Waals surface area (Å²) < 4.78 is 19.6. The third-order valence-corrected chi connectivity index (χ3v) is 4.41. The lowest BCUT2D eigenvalue weighted by Gasteiger charge is -2.36. The number of anilines is 1. The highest BCUT2D eigenvalue weighted by molar-refractivity contribution is 6.30. The first kappa shape index (κ1) is 21.0. The molecular weight excluding hydrogens is 403 g/mol. The average molecular weight is 425 g/mol. The molecule has 0 spiro atoms. The molecule has 0 unspecified atom stereocenters. The Morgan fingerprint density at radius 3 is 2.69 bits per heavy atom. The summed E-state index contributed by atoms with van der Waals surface area (Å²) in [5.74, 6) is -0.440. The number of hydrogen-bond acceptors (Lipinski definition) is 7. The summed E-state index contributed by atoms with van der Waals surface area (Å²) in [6, 6.07) is 0.869. The Bertz CT molecular complexity index is 951. The smallest absolute Gasteiger partial charge is 0.410 e. The minimum atomic E-state index is -1.24. The average Bonchev–Trinajstić information content (AvgIpc) is 2.59. The fraction of sp³-hybridized carbons (Fsp3) is 0.500. The van der Waals surface area contributed by atoms with E-state index in [1.807, 2.05) is 0 Å². The van der Waals surface area contributed by atoms with E-state index in [2.05, 4.69) is 20.3 Å². The van der Waals surface area contributed by atoms with Crippen molar-refractivity contribution < 1.29 is 18.7 Å². The highest BCUT2D eigenvalue weighted by Gasteiger charge is 2.33. The molecule has 3 N–H and O–H groups in total. The van der Waals surface area contributed by atoms with Gasteiger partial charge in [0, 0.05) is 19.0 Å². The molecule has 0 aromatic carbocycles. The van der Waals surface area contributed by atoms with Gasteiger partial charge in [0.15, 0.2) is 5.82 Å².